The maximum Gasteiger partial charge on any atom is 0 e. The molecule has 12 aromatic rings. The van der Waals surface area contributed by atoms with Gasteiger partial charge in [0.15, 0.2) is 0 Å². The van der Waals surface area contributed by atoms with Crippen LogP contribution < -0.4 is 0 Å². The van der Waals surface area contributed by atoms with Crippen LogP contribution in [0.3, 0.4) is 0 Å². The summed E-state index contributed by atoms with van der Waals surface area (Å²) in [4.78, 5) is 50.4. The first kappa shape index (κ1) is 114. The van der Waals surface area contributed by atoms with Crippen LogP contribution in [-0.4, -0.2) is 59.8 Å². The Bertz CT molecular complexity index is 2360. The van der Waals surface area contributed by atoms with E-state index in [4.69, 9.17) is 0 Å². The largest absolute Gasteiger partial charge is 0.448 e. The van der Waals surface area contributed by atoms with Crippen molar-refractivity contribution >= 4 is 136 Å². The molecule has 0 N–H and O–H groups in total. The van der Waals surface area contributed by atoms with E-state index in [1.807, 2.05) is 99.2 Å². The quantitative estimate of drug-likeness (QED) is 0.133. The molecule has 36 heteroatoms. The van der Waals surface area contributed by atoms with Gasteiger partial charge in [-0.05, 0) is 49.7 Å². The summed E-state index contributed by atoms with van der Waals surface area (Å²) in [6.07, 6.45) is 17.8. The number of hydrogen-bond donors (Lipinski definition) is 0. The fourth-order valence-electron chi connectivity index (χ4n) is 3.10. The second-order valence-electron chi connectivity index (χ2n) is 12.3. The second kappa shape index (κ2) is 81.7. The minimum Gasteiger partial charge on any atom is -0.448 e. The molecule has 84 heavy (non-hydrogen) atoms. The minimum atomic E-state index is 0. The normalized spacial score (nSPS) is 7.57. The van der Waals surface area contributed by atoms with Crippen LogP contribution >= 0.6 is 136 Å². The molecule has 12 aromatic heterocycles. The van der Waals surface area contributed by atoms with Gasteiger partial charge in [-0.1, -0.05) is 142 Å². The Labute approximate surface area is 689 Å². The molecule has 0 unspecified atom stereocenters. The molecule has 0 atom stereocenters. The van der Waals surface area contributed by atoms with Crippen molar-refractivity contribution in [3.63, 3.8) is 0 Å². The molecule has 12 radical (unpaired) electrons. The summed E-state index contributed by atoms with van der Waals surface area (Å²) in [5, 5.41) is 23.4. The van der Waals surface area contributed by atoms with E-state index in [9.17, 15) is 0 Å². The molecule has 12 nitrogen and oxygen atoms in total. The zero-order chi connectivity index (χ0) is 52.9. The molecular formula is C48H48N12S12V12-12. The average molecular weight is 1790 g/mol. The van der Waals surface area contributed by atoms with Gasteiger partial charge in [-0.3, -0.25) is 56.7 Å². The first-order valence-electron chi connectivity index (χ1n) is 20.1. The van der Waals surface area contributed by atoms with E-state index in [1.54, 1.807) is 143 Å². The molecule has 0 saturated heterocycles. The molecular weight excluding hydrogens is 1740 g/mol. The van der Waals surface area contributed by atoms with Gasteiger partial charge in [-0.15, -0.1) is 69.1 Å². The zero-order valence-corrected chi connectivity index (χ0v) is 73.1. The van der Waals surface area contributed by atoms with Crippen molar-refractivity contribution in [2.75, 3.05) is 0 Å². The van der Waals surface area contributed by atoms with Crippen molar-refractivity contribution in [3.8, 4) is 0 Å². The van der Waals surface area contributed by atoms with Crippen LogP contribution in [0.25, 0.3) is 0 Å². The summed E-state index contributed by atoms with van der Waals surface area (Å²) in [6.45, 7) is 23.7. The molecule has 12 rings (SSSR count). The van der Waals surface area contributed by atoms with Gasteiger partial charge in [0.25, 0.3) is 0 Å². The monoisotopic (exact) mass is 1790 g/mol. The van der Waals surface area contributed by atoms with Crippen molar-refractivity contribution in [1.29, 1.82) is 0 Å². The molecule has 0 amide bonds. The van der Waals surface area contributed by atoms with Crippen LogP contribution in [0, 0.1) is 151 Å². The predicted octanol–water partition coefficient (Wildman–Crippen LogP) is 15.0. The number of thiazole rings is 12. The average Bonchev–Trinajstić information content (AvgIpc) is 4.19. The Morgan fingerprint density at radius 2 is 1.15 bits per heavy atom. The van der Waals surface area contributed by atoms with Crippen LogP contribution in [-0.2, 0) is 223 Å². The fourth-order valence-corrected chi connectivity index (χ4v) is 8.13. The standard InChI is InChI=1S/3C5H6NS.6C4H4NS.3C3H2NS.12V/c1-4-5(2)7-3-6-4;1-4-3-7-5(2)6-4;1-4-3-6-5(2)7-4;2*1-4-2-6-3-5-4;2*1-4-2-5-3-6-4;2*1-4-5-2-3-6-4;3*1-2-5-3-4-1;;;;;;;;;;;;/h3*1-2H3;3H,1H3;2H,1H3;3H,1H3;2H,1H3;3H,1H3;2H,1H3;2-3H;1,3H;1-2H;;;;;;;;;;;;/q12*-1;;;;;;;;;;;;. The second-order valence-corrected chi connectivity index (χ2v) is 23.3. The van der Waals surface area contributed by atoms with Gasteiger partial charge in [0.1, 0.15) is 0 Å². The summed E-state index contributed by atoms with van der Waals surface area (Å²) in [6, 6.07) is 0. The summed E-state index contributed by atoms with van der Waals surface area (Å²) < 4.78 is 0. The molecule has 444 valence electrons. The molecule has 12 heterocycles. The van der Waals surface area contributed by atoms with Crippen molar-refractivity contribution in [3.05, 3.63) is 199 Å². The number of aromatic nitrogens is 12. The summed E-state index contributed by atoms with van der Waals surface area (Å²) >= 11 is 18.6. The maximum absolute atomic E-state index is 4.07. The van der Waals surface area contributed by atoms with Gasteiger partial charge in [0.05, 0.1) is 0 Å². The van der Waals surface area contributed by atoms with E-state index in [1.165, 1.54) is 55.1 Å². The third-order valence-corrected chi connectivity index (χ3v) is 13.8. The number of aryl methyl sites for hydroxylation is 12. The maximum atomic E-state index is 4.07. The zero-order valence-electron chi connectivity index (χ0n) is 46.6. The van der Waals surface area contributed by atoms with E-state index in [0.717, 1.165) is 52.6 Å². The first-order valence-corrected chi connectivity index (χ1v) is 30.4. The van der Waals surface area contributed by atoms with Gasteiger partial charge in [0, 0.05) is 223 Å². The molecule has 0 aliphatic rings. The molecule has 0 aliphatic carbocycles. The topological polar surface area (TPSA) is 155 Å². The molecule has 0 saturated carbocycles. The molecule has 0 bridgehead atoms. The predicted molar refractivity (Wildman–Crippen MR) is 308 cm³/mol. The third kappa shape index (κ3) is 77.0. The molecule has 0 spiro atoms. The van der Waals surface area contributed by atoms with Crippen molar-refractivity contribution in [1.82, 2.24) is 59.8 Å². The first-order chi connectivity index (χ1) is 34.7. The van der Waals surface area contributed by atoms with Crippen LogP contribution in [0.15, 0.2) is 68.3 Å². The van der Waals surface area contributed by atoms with E-state index in [2.05, 4.69) is 128 Å². The van der Waals surface area contributed by atoms with E-state index >= 15 is 0 Å². The van der Waals surface area contributed by atoms with Gasteiger partial charge in [-0.2, -0.15) is 21.5 Å². The van der Waals surface area contributed by atoms with Crippen molar-refractivity contribution in [2.24, 2.45) is 0 Å². The van der Waals surface area contributed by atoms with E-state index < -0.39 is 0 Å². The Kier molecular flexibility index (Phi) is 111. The Hall–Kier alpha value is 2.57. The minimum absolute atomic E-state index is 0. The van der Waals surface area contributed by atoms with Crippen LogP contribution in [0.2, 0.25) is 0 Å². The number of rotatable bonds is 0. The third-order valence-electron chi connectivity index (χ3n) is 6.22. The summed E-state index contributed by atoms with van der Waals surface area (Å²) in [7, 11) is 0. The van der Waals surface area contributed by atoms with E-state index in [0.29, 0.717) is 0 Å². The Morgan fingerprint density at radius 3 is 1.30 bits per heavy atom. The molecule has 0 fully saturated rings. The van der Waals surface area contributed by atoms with Crippen molar-refractivity contribution in [2.45, 2.75) is 83.1 Å². The smallest absolute Gasteiger partial charge is 0 e. The Morgan fingerprint density at radius 1 is 0.440 bits per heavy atom. The number of hydrogen-bond acceptors (Lipinski definition) is 24. The summed E-state index contributed by atoms with van der Waals surface area (Å²) in [5.74, 6) is 0. The van der Waals surface area contributed by atoms with E-state index in [-0.39, 0.29) is 223 Å². The van der Waals surface area contributed by atoms with Gasteiger partial charge < -0.3 is 105 Å². The number of nitrogens with zero attached hydrogens (tertiary/aromatic N) is 12. The SMILES string of the molecule is Cc1[c-]nc(C)s1.Cc1[c-]ncs1.Cc1[c-]sc(C)n1.Cc1[c-]scn1.Cc1cn[c-]s1.Cc1cs[c-]n1.Cc1n[c-]cs1.Cc1n[c-]sc1C.Cc1nc[c-]s1.[V].[V].[V].[V].[V].[V].[V].[V].[V].[V].[V].[V].[c-]1cncs1.[c-]1cscn1.[c-]1nccs1. The van der Waals surface area contributed by atoms with Gasteiger partial charge in [-0.25, -0.2) is 34.0 Å². The van der Waals surface area contributed by atoms with Gasteiger partial charge in [0.2, 0.25) is 0 Å². The van der Waals surface area contributed by atoms with Crippen LogP contribution in [0.1, 0.15) is 62.3 Å². The summed E-state index contributed by atoms with van der Waals surface area (Å²) in [5.41, 5.74) is 22.0. The fraction of sp³-hybridized carbons (Fsp3) is 0.250. The van der Waals surface area contributed by atoms with Gasteiger partial charge >= 0.3 is 0 Å². The molecule has 0 aromatic carbocycles. The Balaban J connectivity index is -0.0000000665. The van der Waals surface area contributed by atoms with Crippen molar-refractivity contribution < 1.29 is 223 Å². The van der Waals surface area contributed by atoms with Crippen LogP contribution in [0.4, 0.5) is 0 Å². The molecule has 0 aliphatic heterocycles. The van der Waals surface area contributed by atoms with Crippen LogP contribution in [0.5, 0.6) is 0 Å².